The molecule has 0 radical (unpaired) electrons. The van der Waals surface area contributed by atoms with Gasteiger partial charge >= 0.3 is 10.4 Å². The molecule has 1 atom stereocenters. The average Bonchev–Trinajstić information content (AvgIpc) is 2.75. The molecule has 0 aliphatic carbocycles. The lowest BCUT2D eigenvalue weighted by Gasteiger charge is -2.31. The third kappa shape index (κ3) is 3.80. The van der Waals surface area contributed by atoms with Crippen LogP contribution in [0.3, 0.4) is 0 Å². The molecular formula is C9H18N4O5S. The molecule has 0 spiro atoms. The molecule has 0 aromatic rings. The largest absolute Gasteiger partial charge is 0.418 e. The summed E-state index contributed by atoms with van der Waals surface area (Å²) in [7, 11) is -4.60. The van der Waals surface area contributed by atoms with Crippen LogP contribution in [0.5, 0.6) is 0 Å². The number of nitrogens with two attached hydrogens (primary N) is 1. The molecule has 0 aromatic heterocycles. The molecule has 110 valence electrons. The van der Waals surface area contributed by atoms with Crippen LogP contribution in [-0.4, -0.2) is 53.5 Å². The van der Waals surface area contributed by atoms with E-state index in [0.717, 1.165) is 31.0 Å². The standard InChI is InChI=1S/C9H16N4O4S.H2O/c1-7-6-8(12-4-2-3-5-12)11-9(10)13(7)17-18(14,15)16;/h6-7H,2-5H2,1H3,(H2,10,11)(H,14,15,16);1H2. The van der Waals surface area contributed by atoms with Crippen LogP contribution in [-0.2, 0) is 14.7 Å². The fourth-order valence-electron chi connectivity index (χ4n) is 2.03. The Morgan fingerprint density at radius 2 is 2.05 bits per heavy atom. The van der Waals surface area contributed by atoms with Crippen LogP contribution in [0.25, 0.3) is 0 Å². The van der Waals surface area contributed by atoms with Gasteiger partial charge in [0.2, 0.25) is 5.96 Å². The molecule has 0 bridgehead atoms. The summed E-state index contributed by atoms with van der Waals surface area (Å²) >= 11 is 0. The Morgan fingerprint density at radius 1 is 1.47 bits per heavy atom. The van der Waals surface area contributed by atoms with Gasteiger partial charge in [0.15, 0.2) is 0 Å². The normalized spacial score (nSPS) is 23.8. The zero-order valence-electron chi connectivity index (χ0n) is 10.5. The van der Waals surface area contributed by atoms with Gasteiger partial charge in [-0.05, 0) is 25.8 Å². The molecule has 0 saturated carbocycles. The van der Waals surface area contributed by atoms with E-state index in [0.29, 0.717) is 5.82 Å². The van der Waals surface area contributed by atoms with Crippen molar-refractivity contribution in [1.82, 2.24) is 9.96 Å². The zero-order valence-corrected chi connectivity index (χ0v) is 11.3. The van der Waals surface area contributed by atoms with E-state index < -0.39 is 16.4 Å². The van der Waals surface area contributed by atoms with Crippen molar-refractivity contribution >= 4 is 16.4 Å². The molecular weight excluding hydrogens is 276 g/mol. The summed E-state index contributed by atoms with van der Waals surface area (Å²) < 4.78 is 34.4. The lowest BCUT2D eigenvalue weighted by atomic mass is 10.3. The lowest BCUT2D eigenvalue weighted by Crippen LogP contribution is -2.46. The molecule has 1 unspecified atom stereocenters. The van der Waals surface area contributed by atoms with E-state index >= 15 is 0 Å². The number of nitrogens with zero attached hydrogens (tertiary/aromatic N) is 3. The number of hydrogen-bond donors (Lipinski definition) is 2. The van der Waals surface area contributed by atoms with Gasteiger partial charge < -0.3 is 16.1 Å². The minimum atomic E-state index is -4.60. The Hall–Kier alpha value is -1.36. The molecule has 5 N–H and O–H groups in total. The Bertz CT molecular complexity index is 483. The number of likely N-dealkylation sites (tertiary alicyclic amines) is 1. The van der Waals surface area contributed by atoms with Crippen molar-refractivity contribution < 1.29 is 22.7 Å². The van der Waals surface area contributed by atoms with Gasteiger partial charge in [-0.1, -0.05) is 0 Å². The van der Waals surface area contributed by atoms with E-state index in [4.69, 9.17) is 10.3 Å². The molecule has 10 heteroatoms. The van der Waals surface area contributed by atoms with Crippen molar-refractivity contribution in [2.45, 2.75) is 25.8 Å². The fraction of sp³-hybridized carbons (Fsp3) is 0.667. The molecule has 19 heavy (non-hydrogen) atoms. The van der Waals surface area contributed by atoms with Gasteiger partial charge in [-0.15, -0.1) is 4.28 Å². The van der Waals surface area contributed by atoms with Gasteiger partial charge in [0, 0.05) is 13.1 Å². The Labute approximate surface area is 111 Å². The van der Waals surface area contributed by atoms with Crippen molar-refractivity contribution in [3.63, 3.8) is 0 Å². The van der Waals surface area contributed by atoms with Gasteiger partial charge in [-0.2, -0.15) is 18.5 Å². The van der Waals surface area contributed by atoms with Crippen LogP contribution in [0.1, 0.15) is 19.8 Å². The molecule has 2 heterocycles. The summed E-state index contributed by atoms with van der Waals surface area (Å²) in [6, 6.07) is -0.431. The van der Waals surface area contributed by atoms with Crippen molar-refractivity contribution in [2.24, 2.45) is 10.7 Å². The highest BCUT2D eigenvalue weighted by Gasteiger charge is 2.28. The fourth-order valence-corrected chi connectivity index (χ4v) is 2.44. The Balaban J connectivity index is 0.00000180. The zero-order chi connectivity index (χ0) is 13.3. The summed E-state index contributed by atoms with van der Waals surface area (Å²) in [6.07, 6.45) is 3.95. The summed E-state index contributed by atoms with van der Waals surface area (Å²) in [5.74, 6) is 0.622. The van der Waals surface area contributed by atoms with Gasteiger partial charge in [-0.25, -0.2) is 0 Å². The van der Waals surface area contributed by atoms with Crippen molar-refractivity contribution in [3.8, 4) is 0 Å². The second kappa shape index (κ2) is 5.74. The van der Waals surface area contributed by atoms with Crippen LogP contribution in [0.4, 0.5) is 0 Å². The van der Waals surface area contributed by atoms with Crippen LogP contribution in [0.15, 0.2) is 16.9 Å². The molecule has 1 saturated heterocycles. The van der Waals surface area contributed by atoms with Gasteiger partial charge in [-0.3, -0.25) is 4.55 Å². The molecule has 0 aromatic carbocycles. The molecule has 9 nitrogen and oxygen atoms in total. The number of guanidine groups is 1. The highest BCUT2D eigenvalue weighted by atomic mass is 32.3. The SMILES string of the molecule is CC1C=C(N2CCCC2)N=C(N)N1OS(=O)(=O)O.O. The minimum Gasteiger partial charge on any atom is -0.412 e. The lowest BCUT2D eigenvalue weighted by molar-refractivity contribution is -0.00941. The second-order valence-electron chi connectivity index (χ2n) is 4.26. The van der Waals surface area contributed by atoms with Crippen molar-refractivity contribution in [2.75, 3.05) is 13.1 Å². The maximum Gasteiger partial charge on any atom is 0.418 e. The second-order valence-corrected chi connectivity index (χ2v) is 5.26. The van der Waals surface area contributed by atoms with E-state index in [1.54, 1.807) is 13.0 Å². The van der Waals surface area contributed by atoms with E-state index in [1.807, 2.05) is 0 Å². The van der Waals surface area contributed by atoms with Crippen LogP contribution in [0, 0.1) is 0 Å². The van der Waals surface area contributed by atoms with Crippen LogP contribution < -0.4 is 5.73 Å². The highest BCUT2D eigenvalue weighted by molar-refractivity contribution is 7.80. The third-order valence-electron chi connectivity index (χ3n) is 2.82. The summed E-state index contributed by atoms with van der Waals surface area (Å²) in [5.41, 5.74) is 5.64. The number of hydrogen-bond acceptors (Lipinski definition) is 7. The minimum absolute atomic E-state index is 0. The van der Waals surface area contributed by atoms with Gasteiger partial charge in [0.25, 0.3) is 0 Å². The van der Waals surface area contributed by atoms with E-state index in [9.17, 15) is 8.42 Å². The van der Waals surface area contributed by atoms with E-state index in [1.165, 1.54) is 0 Å². The number of aliphatic imine (C=N–C) groups is 1. The Kier molecular flexibility index (Phi) is 4.74. The van der Waals surface area contributed by atoms with Crippen molar-refractivity contribution in [3.05, 3.63) is 11.9 Å². The predicted octanol–water partition coefficient (Wildman–Crippen LogP) is -1.15. The van der Waals surface area contributed by atoms with Gasteiger partial charge in [0.05, 0.1) is 6.04 Å². The van der Waals surface area contributed by atoms with E-state index in [-0.39, 0.29) is 11.4 Å². The van der Waals surface area contributed by atoms with E-state index in [2.05, 4.69) is 14.2 Å². The Morgan fingerprint density at radius 3 is 2.53 bits per heavy atom. The summed E-state index contributed by atoms with van der Waals surface area (Å²) in [6.45, 7) is 3.52. The molecule has 1 fully saturated rings. The monoisotopic (exact) mass is 294 g/mol. The van der Waals surface area contributed by atoms with Crippen molar-refractivity contribution in [1.29, 1.82) is 0 Å². The summed E-state index contributed by atoms with van der Waals surface area (Å²) in [4.78, 5) is 6.16. The maximum absolute atomic E-state index is 10.7. The van der Waals surface area contributed by atoms with Crippen LogP contribution in [0.2, 0.25) is 0 Å². The first-order chi connectivity index (χ1) is 8.37. The molecule has 0 amide bonds. The number of rotatable bonds is 3. The topological polar surface area (TPSA) is 140 Å². The first-order valence-electron chi connectivity index (χ1n) is 5.64. The molecule has 2 aliphatic rings. The van der Waals surface area contributed by atoms with Gasteiger partial charge in [0.1, 0.15) is 5.82 Å². The third-order valence-corrected chi connectivity index (χ3v) is 3.17. The summed E-state index contributed by atoms with van der Waals surface area (Å²) in [5, 5.41) is 0.856. The van der Waals surface area contributed by atoms with Crippen LogP contribution >= 0.6 is 0 Å². The molecule has 2 rings (SSSR count). The predicted molar refractivity (Wildman–Crippen MR) is 68.1 cm³/mol. The average molecular weight is 294 g/mol. The maximum atomic E-state index is 10.7. The number of hydroxylamine groups is 2. The molecule has 2 aliphatic heterocycles. The highest BCUT2D eigenvalue weighted by Crippen LogP contribution is 2.21. The smallest absolute Gasteiger partial charge is 0.412 e. The first kappa shape index (κ1) is 15.7. The quantitative estimate of drug-likeness (QED) is 0.626. The first-order valence-corrected chi connectivity index (χ1v) is 7.00.